The van der Waals surface area contributed by atoms with Gasteiger partial charge in [-0.15, -0.1) is 0 Å². The van der Waals surface area contributed by atoms with Gasteiger partial charge < -0.3 is 10.2 Å². The van der Waals surface area contributed by atoms with E-state index >= 15 is 0 Å². The Balaban J connectivity index is 1.41. The Morgan fingerprint density at radius 1 is 1.03 bits per heavy atom. The van der Waals surface area contributed by atoms with Gasteiger partial charge >= 0.3 is 0 Å². The molecule has 6 nitrogen and oxygen atoms in total. The minimum Gasteiger partial charge on any atom is -0.339 e. The summed E-state index contributed by atoms with van der Waals surface area (Å²) in [5, 5.41) is 3.22. The number of hydrogen-bond acceptors (Lipinski definition) is 4. The summed E-state index contributed by atoms with van der Waals surface area (Å²) >= 11 is 6.05. The minimum atomic E-state index is -0.229. The number of halogens is 2. The highest BCUT2D eigenvalue weighted by Crippen LogP contribution is 2.20. The molecule has 0 bridgehead atoms. The van der Waals surface area contributed by atoms with Gasteiger partial charge in [0.1, 0.15) is 5.82 Å². The van der Waals surface area contributed by atoms with Crippen molar-refractivity contribution in [2.45, 2.75) is 6.54 Å². The first-order chi connectivity index (χ1) is 14.4. The molecule has 1 aliphatic rings. The van der Waals surface area contributed by atoms with Crippen molar-refractivity contribution in [3.8, 4) is 0 Å². The zero-order chi connectivity index (χ0) is 21.5. The number of para-hydroxylation sites is 1. The number of anilines is 1. The Hall–Kier alpha value is -2.48. The van der Waals surface area contributed by atoms with Crippen LogP contribution in [0.5, 0.6) is 0 Å². The van der Waals surface area contributed by atoms with E-state index in [2.05, 4.69) is 10.2 Å². The van der Waals surface area contributed by atoms with E-state index in [-0.39, 0.29) is 30.7 Å². The van der Waals surface area contributed by atoms with Crippen LogP contribution in [0.25, 0.3) is 0 Å². The van der Waals surface area contributed by atoms with Crippen LogP contribution in [0.15, 0.2) is 48.5 Å². The highest BCUT2D eigenvalue weighted by molar-refractivity contribution is 6.33. The van der Waals surface area contributed by atoms with Crippen molar-refractivity contribution in [2.24, 2.45) is 0 Å². The maximum Gasteiger partial charge on any atom is 0.238 e. The molecule has 3 rings (SSSR count). The van der Waals surface area contributed by atoms with E-state index in [1.165, 1.54) is 6.07 Å². The second-order valence-corrected chi connectivity index (χ2v) is 7.86. The van der Waals surface area contributed by atoms with Crippen LogP contribution in [-0.4, -0.2) is 72.8 Å². The number of benzene rings is 2. The number of hydrogen-bond donors (Lipinski definition) is 1. The molecule has 160 valence electrons. The summed E-state index contributed by atoms with van der Waals surface area (Å²) in [6, 6.07) is 13.8. The number of piperazine rings is 1. The zero-order valence-electron chi connectivity index (χ0n) is 17.0. The van der Waals surface area contributed by atoms with Gasteiger partial charge in [-0.05, 0) is 25.2 Å². The van der Waals surface area contributed by atoms with Gasteiger partial charge in [0.2, 0.25) is 11.8 Å². The van der Waals surface area contributed by atoms with Gasteiger partial charge in [0.25, 0.3) is 0 Å². The third-order valence-corrected chi connectivity index (χ3v) is 5.37. The molecule has 30 heavy (non-hydrogen) atoms. The van der Waals surface area contributed by atoms with Crippen molar-refractivity contribution in [2.75, 3.05) is 51.6 Å². The van der Waals surface area contributed by atoms with Crippen LogP contribution in [0.4, 0.5) is 10.1 Å². The third-order valence-electron chi connectivity index (χ3n) is 5.04. The summed E-state index contributed by atoms with van der Waals surface area (Å²) in [4.78, 5) is 30.4. The van der Waals surface area contributed by atoms with Gasteiger partial charge in [0.15, 0.2) is 0 Å². The number of nitrogens with zero attached hydrogens (tertiary/aromatic N) is 3. The minimum absolute atomic E-state index is 0.0198. The maximum absolute atomic E-state index is 13.8. The van der Waals surface area contributed by atoms with E-state index < -0.39 is 0 Å². The van der Waals surface area contributed by atoms with Gasteiger partial charge in [0, 0.05) is 38.3 Å². The van der Waals surface area contributed by atoms with Crippen LogP contribution in [0.2, 0.25) is 5.02 Å². The number of carbonyl (C=O) groups is 2. The SMILES string of the molecule is CN(CC(=O)Nc1ccccc1Cl)CC(=O)N1CCN(Cc2ccccc2F)CC1. The quantitative estimate of drug-likeness (QED) is 0.731. The second kappa shape index (κ2) is 10.5. The van der Waals surface area contributed by atoms with Crippen LogP contribution < -0.4 is 5.32 Å². The lowest BCUT2D eigenvalue weighted by molar-refractivity contribution is -0.134. The normalized spacial score (nSPS) is 14.7. The Kier molecular flexibility index (Phi) is 7.79. The van der Waals surface area contributed by atoms with Crippen LogP contribution >= 0.6 is 11.6 Å². The fraction of sp³-hybridized carbons (Fsp3) is 0.364. The van der Waals surface area contributed by atoms with Crippen LogP contribution in [0, 0.1) is 5.82 Å². The lowest BCUT2D eigenvalue weighted by atomic mass is 10.2. The lowest BCUT2D eigenvalue weighted by Crippen LogP contribution is -2.51. The van der Waals surface area contributed by atoms with Gasteiger partial charge in [-0.2, -0.15) is 0 Å². The third kappa shape index (κ3) is 6.26. The van der Waals surface area contributed by atoms with Crippen molar-refractivity contribution in [3.05, 3.63) is 64.9 Å². The number of rotatable bonds is 7. The fourth-order valence-corrected chi connectivity index (χ4v) is 3.59. The molecule has 1 aliphatic heterocycles. The molecule has 0 spiro atoms. The van der Waals surface area contributed by atoms with E-state index in [9.17, 15) is 14.0 Å². The molecule has 0 atom stereocenters. The summed E-state index contributed by atoms with van der Waals surface area (Å²) in [5.41, 5.74) is 1.22. The number of amides is 2. The molecule has 0 unspecified atom stereocenters. The van der Waals surface area contributed by atoms with E-state index in [1.54, 1.807) is 53.2 Å². The van der Waals surface area contributed by atoms with Crippen molar-refractivity contribution in [1.82, 2.24) is 14.7 Å². The van der Waals surface area contributed by atoms with Crippen LogP contribution in [0.1, 0.15) is 5.56 Å². The highest BCUT2D eigenvalue weighted by Gasteiger charge is 2.23. The monoisotopic (exact) mass is 432 g/mol. The van der Waals surface area contributed by atoms with E-state index in [1.807, 2.05) is 6.07 Å². The van der Waals surface area contributed by atoms with E-state index in [0.717, 1.165) is 0 Å². The van der Waals surface area contributed by atoms with Crippen molar-refractivity contribution >= 4 is 29.1 Å². The van der Waals surface area contributed by atoms with Crippen molar-refractivity contribution in [3.63, 3.8) is 0 Å². The summed E-state index contributed by atoms with van der Waals surface area (Å²) < 4.78 is 13.8. The second-order valence-electron chi connectivity index (χ2n) is 7.45. The van der Waals surface area contributed by atoms with Crippen LogP contribution in [-0.2, 0) is 16.1 Å². The molecule has 0 aliphatic carbocycles. The first-order valence-corrected chi connectivity index (χ1v) is 10.3. The first-order valence-electron chi connectivity index (χ1n) is 9.89. The van der Waals surface area contributed by atoms with E-state index in [4.69, 9.17) is 11.6 Å². The zero-order valence-corrected chi connectivity index (χ0v) is 17.7. The van der Waals surface area contributed by atoms with Gasteiger partial charge in [0.05, 0.1) is 23.8 Å². The standard InChI is InChI=1S/C22H26ClFN4O2/c1-26(15-21(29)25-20-9-5-3-7-18(20)23)16-22(30)28-12-10-27(11-13-28)14-17-6-2-4-8-19(17)24/h2-9H,10-16H2,1H3,(H,25,29). The molecular weight excluding hydrogens is 407 g/mol. The van der Waals surface area contributed by atoms with Gasteiger partial charge in [-0.25, -0.2) is 4.39 Å². The predicted molar refractivity (Wildman–Crippen MR) is 116 cm³/mol. The smallest absolute Gasteiger partial charge is 0.238 e. The Labute approximate surface area is 181 Å². The Morgan fingerprint density at radius 2 is 1.70 bits per heavy atom. The molecule has 2 aromatic rings. The first kappa shape index (κ1) is 22.2. The fourth-order valence-electron chi connectivity index (χ4n) is 3.41. The largest absolute Gasteiger partial charge is 0.339 e. The average molecular weight is 433 g/mol. The number of nitrogens with one attached hydrogen (secondary N) is 1. The molecule has 0 saturated carbocycles. The molecule has 1 N–H and O–H groups in total. The topological polar surface area (TPSA) is 55.9 Å². The van der Waals surface area contributed by atoms with Gasteiger partial charge in [-0.1, -0.05) is 41.9 Å². The summed E-state index contributed by atoms with van der Waals surface area (Å²) in [6.45, 7) is 3.34. The number of likely N-dealkylation sites (N-methyl/N-ethyl adjacent to an activating group) is 1. The molecular formula is C22H26ClFN4O2. The molecule has 1 heterocycles. The molecule has 0 radical (unpaired) electrons. The van der Waals surface area contributed by atoms with E-state index in [0.29, 0.717) is 49.0 Å². The molecule has 2 amide bonds. The number of carbonyl (C=O) groups excluding carboxylic acids is 2. The summed E-state index contributed by atoms with van der Waals surface area (Å²) in [6.07, 6.45) is 0. The molecule has 1 fully saturated rings. The Bertz CT molecular complexity index is 887. The summed E-state index contributed by atoms with van der Waals surface area (Å²) in [5.74, 6) is -0.450. The average Bonchev–Trinajstić information content (AvgIpc) is 2.72. The molecule has 1 saturated heterocycles. The van der Waals surface area contributed by atoms with Crippen molar-refractivity contribution < 1.29 is 14.0 Å². The molecule has 0 aromatic heterocycles. The highest BCUT2D eigenvalue weighted by atomic mass is 35.5. The van der Waals surface area contributed by atoms with Crippen molar-refractivity contribution in [1.29, 1.82) is 0 Å². The predicted octanol–water partition coefficient (Wildman–Crippen LogP) is 2.69. The maximum atomic E-state index is 13.8. The Morgan fingerprint density at radius 3 is 2.40 bits per heavy atom. The molecule has 8 heteroatoms. The molecule has 2 aromatic carbocycles. The van der Waals surface area contributed by atoms with Gasteiger partial charge in [-0.3, -0.25) is 19.4 Å². The lowest BCUT2D eigenvalue weighted by Gasteiger charge is -2.35. The summed E-state index contributed by atoms with van der Waals surface area (Å²) in [7, 11) is 1.73. The van der Waals surface area contributed by atoms with Crippen LogP contribution in [0.3, 0.4) is 0 Å².